The maximum atomic E-state index is 13.4. The van der Waals surface area contributed by atoms with Gasteiger partial charge in [0.05, 0.1) is 12.2 Å². The largest absolute Gasteiger partial charge is 0.435 e. The Balaban J connectivity index is 1.64. The molecule has 0 spiro atoms. The highest BCUT2D eigenvalue weighted by Crippen LogP contribution is 2.34. The van der Waals surface area contributed by atoms with E-state index in [1.54, 1.807) is 30.7 Å². The van der Waals surface area contributed by atoms with E-state index in [9.17, 15) is 17.6 Å². The van der Waals surface area contributed by atoms with Crippen LogP contribution in [0, 0.1) is 5.82 Å². The Morgan fingerprint density at radius 1 is 1.10 bits per heavy atom. The van der Waals surface area contributed by atoms with Gasteiger partial charge in [0.25, 0.3) is 0 Å². The Bertz CT molecular complexity index is 987. The van der Waals surface area contributed by atoms with Crippen molar-refractivity contribution in [3.8, 4) is 0 Å². The van der Waals surface area contributed by atoms with E-state index in [1.807, 2.05) is 9.80 Å². The summed E-state index contributed by atoms with van der Waals surface area (Å²) >= 11 is 0. The van der Waals surface area contributed by atoms with Crippen molar-refractivity contribution in [2.75, 3.05) is 24.5 Å². The standard InChI is InChI=1S/C20H20F4N6/c1-28-11-15(19(27-28)20(22,23)24)12-29-8-9-30(18-10-25-6-7-26-18)13-17(29)14-2-4-16(21)5-3-14/h2-7,10-11,17H,8-9,12-13H2,1H3. The third kappa shape index (κ3) is 4.28. The smallest absolute Gasteiger partial charge is 0.352 e. The van der Waals surface area contributed by atoms with Crippen LogP contribution in [0.2, 0.25) is 0 Å². The van der Waals surface area contributed by atoms with E-state index in [-0.39, 0.29) is 24.0 Å². The fourth-order valence-electron chi connectivity index (χ4n) is 3.78. The summed E-state index contributed by atoms with van der Waals surface area (Å²) in [6.45, 7) is 1.66. The molecule has 0 saturated carbocycles. The first-order valence-electron chi connectivity index (χ1n) is 9.41. The summed E-state index contributed by atoms with van der Waals surface area (Å²) in [6, 6.07) is 5.81. The number of halogens is 4. The fraction of sp³-hybridized carbons (Fsp3) is 0.350. The highest BCUT2D eigenvalue weighted by molar-refractivity contribution is 5.38. The maximum absolute atomic E-state index is 13.4. The van der Waals surface area contributed by atoms with Crippen molar-refractivity contribution in [3.63, 3.8) is 0 Å². The Labute approximate surface area is 170 Å². The number of piperazine rings is 1. The van der Waals surface area contributed by atoms with Gasteiger partial charge in [-0.3, -0.25) is 14.6 Å². The summed E-state index contributed by atoms with van der Waals surface area (Å²) in [5, 5.41) is 3.61. The van der Waals surface area contributed by atoms with E-state index in [0.29, 0.717) is 25.5 Å². The number of aromatic nitrogens is 4. The van der Waals surface area contributed by atoms with Crippen LogP contribution in [0.1, 0.15) is 22.9 Å². The quantitative estimate of drug-likeness (QED) is 0.606. The molecule has 1 saturated heterocycles. The minimum Gasteiger partial charge on any atom is -0.352 e. The van der Waals surface area contributed by atoms with Crippen LogP contribution in [0.15, 0.2) is 49.1 Å². The molecule has 2 aromatic heterocycles. The lowest BCUT2D eigenvalue weighted by Gasteiger charge is -2.42. The molecule has 4 rings (SSSR count). The van der Waals surface area contributed by atoms with Gasteiger partial charge in [-0.15, -0.1) is 0 Å². The number of benzene rings is 1. The molecule has 0 radical (unpaired) electrons. The molecule has 30 heavy (non-hydrogen) atoms. The van der Waals surface area contributed by atoms with E-state index >= 15 is 0 Å². The third-order valence-corrected chi connectivity index (χ3v) is 5.17. The zero-order valence-corrected chi connectivity index (χ0v) is 16.2. The molecule has 0 bridgehead atoms. The highest BCUT2D eigenvalue weighted by atomic mass is 19.4. The molecule has 0 aliphatic carbocycles. The first kappa shape index (κ1) is 20.3. The number of alkyl halides is 3. The minimum atomic E-state index is -4.52. The molecule has 1 aliphatic heterocycles. The van der Waals surface area contributed by atoms with E-state index in [1.165, 1.54) is 30.1 Å². The fourth-order valence-corrected chi connectivity index (χ4v) is 3.78. The second-order valence-electron chi connectivity index (χ2n) is 7.22. The summed E-state index contributed by atoms with van der Waals surface area (Å²) in [7, 11) is 1.47. The summed E-state index contributed by atoms with van der Waals surface area (Å²) in [5.74, 6) is 0.333. The van der Waals surface area contributed by atoms with Crippen molar-refractivity contribution < 1.29 is 17.6 Å². The zero-order valence-electron chi connectivity index (χ0n) is 16.2. The monoisotopic (exact) mass is 420 g/mol. The van der Waals surface area contributed by atoms with Gasteiger partial charge < -0.3 is 4.90 Å². The molecule has 0 amide bonds. The van der Waals surface area contributed by atoms with Gasteiger partial charge >= 0.3 is 6.18 Å². The second-order valence-corrected chi connectivity index (χ2v) is 7.22. The molecule has 0 N–H and O–H groups in total. The minimum absolute atomic E-state index is 0.0824. The van der Waals surface area contributed by atoms with E-state index < -0.39 is 11.9 Å². The lowest BCUT2D eigenvalue weighted by molar-refractivity contribution is -0.142. The number of nitrogens with zero attached hydrogens (tertiary/aromatic N) is 6. The Morgan fingerprint density at radius 3 is 2.53 bits per heavy atom. The van der Waals surface area contributed by atoms with Gasteiger partial charge in [-0.05, 0) is 17.7 Å². The number of rotatable bonds is 4. The molecule has 1 aliphatic rings. The summed E-state index contributed by atoms with van der Waals surface area (Å²) in [5.41, 5.74) is 0.0618. The highest BCUT2D eigenvalue weighted by Gasteiger charge is 2.38. The average Bonchev–Trinajstić information content (AvgIpc) is 3.10. The number of anilines is 1. The first-order valence-corrected chi connectivity index (χ1v) is 9.41. The molecule has 1 fully saturated rings. The van der Waals surface area contributed by atoms with Crippen molar-refractivity contribution in [2.45, 2.75) is 18.8 Å². The number of aryl methyl sites for hydroxylation is 1. The number of hydrogen-bond acceptors (Lipinski definition) is 5. The molecule has 158 valence electrons. The Hall–Kier alpha value is -3.01. The van der Waals surface area contributed by atoms with Crippen LogP contribution in [0.5, 0.6) is 0 Å². The van der Waals surface area contributed by atoms with Crippen molar-refractivity contribution in [1.29, 1.82) is 0 Å². The zero-order chi connectivity index (χ0) is 21.3. The van der Waals surface area contributed by atoms with Crippen LogP contribution in [-0.4, -0.2) is 44.3 Å². The van der Waals surface area contributed by atoms with Crippen LogP contribution in [0.4, 0.5) is 23.4 Å². The molecular formula is C20H20F4N6. The van der Waals surface area contributed by atoms with Gasteiger partial charge in [-0.25, -0.2) is 9.37 Å². The lowest BCUT2D eigenvalue weighted by atomic mass is 10.0. The van der Waals surface area contributed by atoms with E-state index in [0.717, 1.165) is 5.56 Å². The van der Waals surface area contributed by atoms with Crippen LogP contribution in [0.3, 0.4) is 0 Å². The molecule has 1 unspecified atom stereocenters. The molecule has 6 nitrogen and oxygen atoms in total. The van der Waals surface area contributed by atoms with Gasteiger partial charge in [0.2, 0.25) is 0 Å². The van der Waals surface area contributed by atoms with E-state index in [2.05, 4.69) is 15.1 Å². The average molecular weight is 420 g/mol. The third-order valence-electron chi connectivity index (χ3n) is 5.17. The summed E-state index contributed by atoms with van der Waals surface area (Å²) < 4.78 is 54.8. The van der Waals surface area contributed by atoms with Crippen LogP contribution >= 0.6 is 0 Å². The van der Waals surface area contributed by atoms with Gasteiger partial charge in [0, 0.05) is 57.4 Å². The van der Waals surface area contributed by atoms with Crippen LogP contribution in [-0.2, 0) is 19.8 Å². The van der Waals surface area contributed by atoms with Gasteiger partial charge in [0.15, 0.2) is 5.69 Å². The topological polar surface area (TPSA) is 50.1 Å². The van der Waals surface area contributed by atoms with Crippen LogP contribution < -0.4 is 4.90 Å². The predicted octanol–water partition coefficient (Wildman–Crippen LogP) is 3.43. The molecule has 3 aromatic rings. The summed E-state index contributed by atoms with van der Waals surface area (Å²) in [4.78, 5) is 12.4. The molecule has 1 atom stereocenters. The molecule has 10 heteroatoms. The van der Waals surface area contributed by atoms with Crippen molar-refractivity contribution >= 4 is 5.82 Å². The predicted molar refractivity (Wildman–Crippen MR) is 102 cm³/mol. The second kappa shape index (κ2) is 8.02. The Kier molecular flexibility index (Phi) is 5.42. The molecule has 3 heterocycles. The van der Waals surface area contributed by atoms with Crippen molar-refractivity contribution in [3.05, 3.63) is 71.7 Å². The van der Waals surface area contributed by atoms with E-state index in [4.69, 9.17) is 0 Å². The maximum Gasteiger partial charge on any atom is 0.435 e. The normalized spacial score (nSPS) is 18.0. The molecule has 1 aromatic carbocycles. The van der Waals surface area contributed by atoms with Crippen molar-refractivity contribution in [1.82, 2.24) is 24.6 Å². The Morgan fingerprint density at radius 2 is 1.87 bits per heavy atom. The first-order chi connectivity index (χ1) is 14.3. The van der Waals surface area contributed by atoms with Gasteiger partial charge in [-0.1, -0.05) is 12.1 Å². The summed E-state index contributed by atoms with van der Waals surface area (Å²) in [6.07, 6.45) is 1.71. The van der Waals surface area contributed by atoms with Crippen molar-refractivity contribution in [2.24, 2.45) is 7.05 Å². The number of hydrogen-bond donors (Lipinski definition) is 0. The SMILES string of the molecule is Cn1cc(CN2CCN(c3cnccn3)CC2c2ccc(F)cc2)c(C(F)(F)F)n1. The molecular weight excluding hydrogens is 400 g/mol. The van der Waals surface area contributed by atoms with Gasteiger partial charge in [-0.2, -0.15) is 18.3 Å². The van der Waals surface area contributed by atoms with Gasteiger partial charge in [0.1, 0.15) is 11.6 Å². The van der Waals surface area contributed by atoms with Crippen LogP contribution in [0.25, 0.3) is 0 Å². The lowest BCUT2D eigenvalue weighted by Crippen LogP contribution is -2.48.